The molecule has 1 N–H and O–H groups in total. The van der Waals surface area contributed by atoms with E-state index in [1.54, 1.807) is 24.3 Å². The summed E-state index contributed by atoms with van der Waals surface area (Å²) in [4.78, 5) is -0.602. The van der Waals surface area contributed by atoms with Crippen LogP contribution in [-0.2, 0) is 0 Å². The number of hydrogen-bond acceptors (Lipinski definition) is 1. The van der Waals surface area contributed by atoms with E-state index in [1.807, 2.05) is 0 Å². The molecule has 0 bridgehead atoms. The fourth-order valence-electron chi connectivity index (χ4n) is 0.801. The van der Waals surface area contributed by atoms with Gasteiger partial charge in [0.25, 0.3) is 0 Å². The van der Waals surface area contributed by atoms with E-state index in [9.17, 15) is 0 Å². The van der Waals surface area contributed by atoms with Gasteiger partial charge in [-0.1, -0.05) is 18.7 Å². The number of alkyl halides is 2. The monoisotopic (exact) mass is 202 g/mol. The predicted octanol–water partition coefficient (Wildman–Crippen LogP) is 3.21. The molecule has 0 heterocycles. The van der Waals surface area contributed by atoms with E-state index in [1.165, 1.54) is 0 Å². The number of aromatic hydroxyl groups is 1. The third kappa shape index (κ3) is 2.16. The summed E-state index contributed by atoms with van der Waals surface area (Å²) in [6.07, 6.45) is 0. The molecule has 0 aliphatic heterocycles. The largest absolute Gasteiger partial charge is 0.508 e. The second-order valence-corrected chi connectivity index (χ2v) is 3.47. The molecular weight excluding hydrogens is 195 g/mol. The fourth-order valence-corrected chi connectivity index (χ4v) is 1.05. The lowest BCUT2D eigenvalue weighted by atomic mass is 10.1. The Balaban J connectivity index is 2.90. The van der Waals surface area contributed by atoms with Gasteiger partial charge < -0.3 is 5.11 Å². The smallest absolute Gasteiger partial charge is 0.132 e. The highest BCUT2D eigenvalue weighted by Gasteiger charge is 2.06. The first-order chi connectivity index (χ1) is 5.61. The van der Waals surface area contributed by atoms with Gasteiger partial charge in [0, 0.05) is 0 Å². The number of phenolic OH excluding ortho intramolecular Hbond substituents is 1. The standard InChI is InChI=1S/C9H8Cl2O/c1-6(9(10)11)7-2-4-8(12)5-3-7/h2-5,9,12H,1H2. The second kappa shape index (κ2) is 3.83. The highest BCUT2D eigenvalue weighted by Crippen LogP contribution is 2.24. The molecule has 1 rings (SSSR count). The maximum absolute atomic E-state index is 8.98. The zero-order chi connectivity index (χ0) is 9.14. The van der Waals surface area contributed by atoms with E-state index >= 15 is 0 Å². The zero-order valence-corrected chi connectivity index (χ0v) is 7.81. The zero-order valence-electron chi connectivity index (χ0n) is 6.30. The summed E-state index contributed by atoms with van der Waals surface area (Å²) in [6, 6.07) is 6.57. The number of phenols is 1. The number of benzene rings is 1. The Morgan fingerprint density at radius 2 is 1.75 bits per heavy atom. The molecular formula is C9H8Cl2O. The maximum Gasteiger partial charge on any atom is 0.132 e. The van der Waals surface area contributed by atoms with Crippen LogP contribution in [0.5, 0.6) is 5.75 Å². The van der Waals surface area contributed by atoms with Crippen molar-refractivity contribution in [3.63, 3.8) is 0 Å². The van der Waals surface area contributed by atoms with Crippen LogP contribution < -0.4 is 0 Å². The molecule has 0 amide bonds. The van der Waals surface area contributed by atoms with Crippen molar-refractivity contribution >= 4 is 28.8 Å². The quantitative estimate of drug-likeness (QED) is 0.731. The molecule has 0 atom stereocenters. The van der Waals surface area contributed by atoms with Gasteiger partial charge in [0.2, 0.25) is 0 Å². The molecule has 0 saturated heterocycles. The molecule has 0 aliphatic rings. The van der Waals surface area contributed by atoms with Crippen LogP contribution in [-0.4, -0.2) is 9.94 Å². The fraction of sp³-hybridized carbons (Fsp3) is 0.111. The van der Waals surface area contributed by atoms with Gasteiger partial charge in [-0.15, -0.1) is 23.2 Å². The highest BCUT2D eigenvalue weighted by molar-refractivity contribution is 6.49. The Kier molecular flexibility index (Phi) is 3.01. The van der Waals surface area contributed by atoms with E-state index in [4.69, 9.17) is 28.3 Å². The summed E-state index contributed by atoms with van der Waals surface area (Å²) in [5.74, 6) is 0.215. The van der Waals surface area contributed by atoms with Crippen molar-refractivity contribution in [2.24, 2.45) is 0 Å². The van der Waals surface area contributed by atoms with E-state index in [0.29, 0.717) is 5.57 Å². The molecule has 12 heavy (non-hydrogen) atoms. The Hall–Kier alpha value is -0.660. The number of allylic oxidation sites excluding steroid dienone is 1. The third-order valence-corrected chi connectivity index (χ3v) is 2.03. The lowest BCUT2D eigenvalue weighted by Crippen LogP contribution is -1.90. The van der Waals surface area contributed by atoms with Crippen LogP contribution in [0, 0.1) is 0 Å². The first-order valence-electron chi connectivity index (χ1n) is 3.37. The minimum Gasteiger partial charge on any atom is -0.508 e. The van der Waals surface area contributed by atoms with E-state index in [2.05, 4.69) is 6.58 Å². The van der Waals surface area contributed by atoms with Crippen LogP contribution in [0.4, 0.5) is 0 Å². The maximum atomic E-state index is 8.98. The Labute approximate surface area is 81.2 Å². The van der Waals surface area contributed by atoms with Gasteiger partial charge >= 0.3 is 0 Å². The van der Waals surface area contributed by atoms with Crippen molar-refractivity contribution < 1.29 is 5.11 Å². The Bertz CT molecular complexity index is 277. The molecule has 1 aromatic carbocycles. The van der Waals surface area contributed by atoms with E-state index in [0.717, 1.165) is 5.56 Å². The molecule has 0 fully saturated rings. The summed E-state index contributed by atoms with van der Waals surface area (Å²) in [5.41, 5.74) is 1.47. The van der Waals surface area contributed by atoms with Crippen molar-refractivity contribution in [2.45, 2.75) is 4.84 Å². The first-order valence-corrected chi connectivity index (χ1v) is 4.25. The Morgan fingerprint density at radius 3 is 2.17 bits per heavy atom. The van der Waals surface area contributed by atoms with Crippen molar-refractivity contribution in [2.75, 3.05) is 0 Å². The average Bonchev–Trinajstić information content (AvgIpc) is 2.04. The topological polar surface area (TPSA) is 20.2 Å². The summed E-state index contributed by atoms with van der Waals surface area (Å²) in [7, 11) is 0. The molecule has 64 valence electrons. The minimum atomic E-state index is -0.602. The van der Waals surface area contributed by atoms with Crippen LogP contribution in [0.15, 0.2) is 30.8 Å². The van der Waals surface area contributed by atoms with Crippen LogP contribution in [0.2, 0.25) is 0 Å². The summed E-state index contributed by atoms with van der Waals surface area (Å²) in [6.45, 7) is 3.71. The van der Waals surface area contributed by atoms with Gasteiger partial charge in [0.1, 0.15) is 10.6 Å². The predicted molar refractivity (Wildman–Crippen MR) is 52.6 cm³/mol. The van der Waals surface area contributed by atoms with Gasteiger partial charge in [0.05, 0.1) is 0 Å². The molecule has 0 aliphatic carbocycles. The van der Waals surface area contributed by atoms with Gasteiger partial charge in [-0.3, -0.25) is 0 Å². The number of halogens is 2. The first kappa shape index (κ1) is 9.43. The molecule has 0 spiro atoms. The number of rotatable bonds is 2. The van der Waals surface area contributed by atoms with Crippen molar-refractivity contribution in [3.05, 3.63) is 36.4 Å². The van der Waals surface area contributed by atoms with Gasteiger partial charge in [-0.25, -0.2) is 0 Å². The lowest BCUT2D eigenvalue weighted by Gasteiger charge is -2.05. The highest BCUT2D eigenvalue weighted by atomic mass is 35.5. The molecule has 1 aromatic rings. The van der Waals surface area contributed by atoms with Crippen LogP contribution in [0.25, 0.3) is 5.57 Å². The van der Waals surface area contributed by atoms with Gasteiger partial charge in [-0.05, 0) is 23.3 Å². The Morgan fingerprint density at radius 1 is 1.25 bits per heavy atom. The van der Waals surface area contributed by atoms with Crippen molar-refractivity contribution in [1.29, 1.82) is 0 Å². The third-order valence-electron chi connectivity index (χ3n) is 1.50. The van der Waals surface area contributed by atoms with Gasteiger partial charge in [0.15, 0.2) is 0 Å². The van der Waals surface area contributed by atoms with E-state index < -0.39 is 4.84 Å². The molecule has 0 aromatic heterocycles. The summed E-state index contributed by atoms with van der Waals surface area (Å²) < 4.78 is 0. The normalized spacial score (nSPS) is 10.2. The van der Waals surface area contributed by atoms with Crippen LogP contribution in [0.3, 0.4) is 0 Å². The van der Waals surface area contributed by atoms with Crippen LogP contribution in [0.1, 0.15) is 5.56 Å². The summed E-state index contributed by atoms with van der Waals surface area (Å²) in [5, 5.41) is 8.98. The summed E-state index contributed by atoms with van der Waals surface area (Å²) >= 11 is 11.2. The van der Waals surface area contributed by atoms with Crippen LogP contribution >= 0.6 is 23.2 Å². The molecule has 3 heteroatoms. The molecule has 0 radical (unpaired) electrons. The minimum absolute atomic E-state index is 0.215. The lowest BCUT2D eigenvalue weighted by molar-refractivity contribution is 0.475. The molecule has 1 nitrogen and oxygen atoms in total. The molecule has 0 saturated carbocycles. The SMILES string of the molecule is C=C(c1ccc(O)cc1)C(Cl)Cl. The number of hydrogen-bond donors (Lipinski definition) is 1. The molecule has 0 unspecified atom stereocenters. The average molecular weight is 203 g/mol. The van der Waals surface area contributed by atoms with Crippen molar-refractivity contribution in [3.8, 4) is 5.75 Å². The van der Waals surface area contributed by atoms with E-state index in [-0.39, 0.29) is 5.75 Å². The second-order valence-electron chi connectivity index (χ2n) is 2.37. The van der Waals surface area contributed by atoms with Gasteiger partial charge in [-0.2, -0.15) is 0 Å². The van der Waals surface area contributed by atoms with Crippen molar-refractivity contribution in [1.82, 2.24) is 0 Å².